The monoisotopic (exact) mass is 318 g/mol. The number of aliphatic imine (C=N–C) groups is 1. The van der Waals surface area contributed by atoms with E-state index in [9.17, 15) is 0 Å². The van der Waals surface area contributed by atoms with Gasteiger partial charge in [-0.05, 0) is 63.0 Å². The smallest absolute Gasteiger partial charge is 0.191 e. The second kappa shape index (κ2) is 10.1. The molecule has 0 aliphatic carbocycles. The highest BCUT2D eigenvalue weighted by molar-refractivity contribution is 5.79. The molecule has 1 fully saturated rings. The zero-order valence-corrected chi connectivity index (χ0v) is 14.5. The Morgan fingerprint density at radius 1 is 1.22 bits per heavy atom. The summed E-state index contributed by atoms with van der Waals surface area (Å²) in [5.74, 6) is 1.74. The van der Waals surface area contributed by atoms with Gasteiger partial charge in [-0.15, -0.1) is 0 Å². The lowest BCUT2D eigenvalue weighted by Gasteiger charge is -2.15. The Kier molecular flexibility index (Phi) is 7.73. The molecule has 23 heavy (non-hydrogen) atoms. The van der Waals surface area contributed by atoms with Gasteiger partial charge in [0, 0.05) is 20.1 Å². The summed E-state index contributed by atoms with van der Waals surface area (Å²) in [6.07, 6.45) is 5.18. The van der Waals surface area contributed by atoms with Gasteiger partial charge in [0.25, 0.3) is 0 Å². The summed E-state index contributed by atoms with van der Waals surface area (Å²) < 4.78 is 5.24. The quantitative estimate of drug-likeness (QED) is 0.438. The van der Waals surface area contributed by atoms with Gasteiger partial charge >= 0.3 is 0 Å². The van der Waals surface area contributed by atoms with Crippen molar-refractivity contribution in [2.45, 2.75) is 32.2 Å². The van der Waals surface area contributed by atoms with Crippen LogP contribution in [0, 0.1) is 0 Å². The molecule has 0 bridgehead atoms. The largest absolute Gasteiger partial charge is 0.497 e. The Labute approximate surface area is 140 Å². The van der Waals surface area contributed by atoms with Gasteiger partial charge in [-0.3, -0.25) is 4.99 Å². The van der Waals surface area contributed by atoms with Gasteiger partial charge in [0.05, 0.1) is 7.11 Å². The van der Waals surface area contributed by atoms with Crippen molar-refractivity contribution in [3.05, 3.63) is 29.8 Å². The number of nitrogens with zero attached hydrogens (tertiary/aromatic N) is 2. The zero-order valence-electron chi connectivity index (χ0n) is 14.5. The molecule has 1 heterocycles. The summed E-state index contributed by atoms with van der Waals surface area (Å²) in [5.41, 5.74) is 1.18. The van der Waals surface area contributed by atoms with E-state index in [-0.39, 0.29) is 0 Å². The van der Waals surface area contributed by atoms with Gasteiger partial charge in [0.1, 0.15) is 5.75 Å². The first-order valence-corrected chi connectivity index (χ1v) is 8.61. The minimum Gasteiger partial charge on any atom is -0.497 e. The average Bonchev–Trinajstić information content (AvgIpc) is 3.11. The Hall–Kier alpha value is -1.75. The van der Waals surface area contributed by atoms with Crippen LogP contribution in [0.4, 0.5) is 0 Å². The van der Waals surface area contributed by atoms with Gasteiger partial charge in [0.15, 0.2) is 5.96 Å². The Morgan fingerprint density at radius 2 is 2.04 bits per heavy atom. The van der Waals surface area contributed by atoms with E-state index in [0.29, 0.717) is 0 Å². The van der Waals surface area contributed by atoms with Crippen molar-refractivity contribution >= 4 is 5.96 Å². The minimum atomic E-state index is 0.741. The fourth-order valence-corrected chi connectivity index (χ4v) is 2.86. The molecule has 1 aliphatic heterocycles. The van der Waals surface area contributed by atoms with Gasteiger partial charge in [0.2, 0.25) is 0 Å². The van der Waals surface area contributed by atoms with Gasteiger partial charge in [-0.1, -0.05) is 12.1 Å². The number of nitrogens with one attached hydrogen (secondary N) is 2. The number of rotatable bonds is 8. The van der Waals surface area contributed by atoms with Crippen LogP contribution in [0.25, 0.3) is 0 Å². The van der Waals surface area contributed by atoms with Crippen LogP contribution in [0.2, 0.25) is 0 Å². The normalized spacial score (nSPS) is 15.7. The molecule has 1 aromatic rings. The highest BCUT2D eigenvalue weighted by Gasteiger charge is 2.10. The maximum absolute atomic E-state index is 5.24. The zero-order chi connectivity index (χ0) is 16.3. The number of benzene rings is 1. The number of guanidine groups is 1. The number of methoxy groups -OCH3 is 1. The second-order valence-electron chi connectivity index (χ2n) is 5.96. The molecule has 128 valence electrons. The molecule has 2 rings (SSSR count). The molecular formula is C18H30N4O. The van der Waals surface area contributed by atoms with Crippen LogP contribution in [0.15, 0.2) is 29.3 Å². The molecule has 0 unspecified atom stereocenters. The van der Waals surface area contributed by atoms with E-state index in [1.807, 2.05) is 25.2 Å². The van der Waals surface area contributed by atoms with Crippen LogP contribution in [-0.2, 0) is 6.54 Å². The maximum atomic E-state index is 5.24. The molecule has 2 N–H and O–H groups in total. The molecule has 1 aromatic carbocycles. The van der Waals surface area contributed by atoms with Crippen molar-refractivity contribution in [1.82, 2.24) is 15.5 Å². The number of ether oxygens (including phenoxy) is 1. The third kappa shape index (κ3) is 6.48. The van der Waals surface area contributed by atoms with Crippen molar-refractivity contribution < 1.29 is 4.74 Å². The van der Waals surface area contributed by atoms with E-state index in [2.05, 4.69) is 26.6 Å². The fraction of sp³-hybridized carbons (Fsp3) is 0.611. The number of unbranched alkanes of at least 4 members (excludes halogenated alkanes) is 1. The molecule has 1 saturated heterocycles. The number of hydrogen-bond donors (Lipinski definition) is 2. The molecule has 0 atom stereocenters. The second-order valence-corrected chi connectivity index (χ2v) is 5.96. The predicted octanol–water partition coefficient (Wildman–Crippen LogP) is 2.24. The third-order valence-electron chi connectivity index (χ3n) is 4.21. The predicted molar refractivity (Wildman–Crippen MR) is 96.1 cm³/mol. The van der Waals surface area contributed by atoms with E-state index in [1.165, 1.54) is 50.9 Å². The van der Waals surface area contributed by atoms with E-state index in [0.717, 1.165) is 24.8 Å². The van der Waals surface area contributed by atoms with Crippen molar-refractivity contribution in [3.8, 4) is 5.75 Å². The van der Waals surface area contributed by atoms with Crippen LogP contribution in [0.3, 0.4) is 0 Å². The Morgan fingerprint density at radius 3 is 2.78 bits per heavy atom. The highest BCUT2D eigenvalue weighted by atomic mass is 16.5. The molecule has 5 nitrogen and oxygen atoms in total. The summed E-state index contributed by atoms with van der Waals surface area (Å²) in [4.78, 5) is 6.84. The van der Waals surface area contributed by atoms with Gasteiger partial charge in [-0.25, -0.2) is 0 Å². The molecule has 0 aromatic heterocycles. The molecule has 0 spiro atoms. The minimum absolute atomic E-state index is 0.741. The number of hydrogen-bond acceptors (Lipinski definition) is 3. The Bertz CT molecular complexity index is 484. The van der Waals surface area contributed by atoms with E-state index >= 15 is 0 Å². The summed E-state index contributed by atoms with van der Waals surface area (Å²) in [7, 11) is 3.50. The van der Waals surface area contributed by atoms with Crippen LogP contribution in [0.5, 0.6) is 5.75 Å². The summed E-state index contributed by atoms with van der Waals surface area (Å²) in [6, 6.07) is 8.08. The lowest BCUT2D eigenvalue weighted by Crippen LogP contribution is -2.37. The SMILES string of the molecule is CN=C(NCCCCN1CCCC1)NCc1cccc(OC)c1. The lowest BCUT2D eigenvalue weighted by atomic mass is 10.2. The molecule has 5 heteroatoms. The first-order valence-electron chi connectivity index (χ1n) is 8.61. The van der Waals surface area contributed by atoms with Crippen LogP contribution in [-0.4, -0.2) is 51.2 Å². The maximum Gasteiger partial charge on any atom is 0.191 e. The molecule has 1 aliphatic rings. The average molecular weight is 318 g/mol. The topological polar surface area (TPSA) is 48.9 Å². The van der Waals surface area contributed by atoms with E-state index in [4.69, 9.17) is 4.74 Å². The first kappa shape index (κ1) is 17.6. The highest BCUT2D eigenvalue weighted by Crippen LogP contribution is 2.12. The molecule has 0 radical (unpaired) electrons. The van der Waals surface area contributed by atoms with Gasteiger partial charge < -0.3 is 20.3 Å². The van der Waals surface area contributed by atoms with Gasteiger partial charge in [-0.2, -0.15) is 0 Å². The van der Waals surface area contributed by atoms with Crippen molar-refractivity contribution in [2.75, 3.05) is 40.3 Å². The molecular weight excluding hydrogens is 288 g/mol. The summed E-state index contributed by atoms with van der Waals surface area (Å²) >= 11 is 0. The number of likely N-dealkylation sites (tertiary alicyclic amines) is 1. The standard InChI is InChI=1S/C18H30N4O/c1-19-18(20-10-3-4-11-22-12-5-6-13-22)21-15-16-8-7-9-17(14-16)23-2/h7-9,14H,3-6,10-13,15H2,1-2H3,(H2,19,20,21). The molecule has 0 saturated carbocycles. The van der Waals surface area contributed by atoms with Crippen LogP contribution >= 0.6 is 0 Å². The van der Waals surface area contributed by atoms with Crippen molar-refractivity contribution in [1.29, 1.82) is 0 Å². The summed E-state index contributed by atoms with van der Waals surface area (Å²) in [5, 5.41) is 6.72. The van der Waals surface area contributed by atoms with E-state index < -0.39 is 0 Å². The van der Waals surface area contributed by atoms with Crippen LogP contribution in [0.1, 0.15) is 31.2 Å². The van der Waals surface area contributed by atoms with Crippen molar-refractivity contribution in [2.24, 2.45) is 4.99 Å². The van der Waals surface area contributed by atoms with E-state index in [1.54, 1.807) is 7.11 Å². The summed E-state index contributed by atoms with van der Waals surface area (Å²) in [6.45, 7) is 5.52. The first-order chi connectivity index (χ1) is 11.3. The third-order valence-corrected chi connectivity index (χ3v) is 4.21. The van der Waals surface area contributed by atoms with Crippen molar-refractivity contribution in [3.63, 3.8) is 0 Å². The fourth-order valence-electron chi connectivity index (χ4n) is 2.86. The molecule has 0 amide bonds. The lowest BCUT2D eigenvalue weighted by molar-refractivity contribution is 0.330. The Balaban J connectivity index is 1.61. The van der Waals surface area contributed by atoms with Crippen LogP contribution < -0.4 is 15.4 Å².